The lowest BCUT2D eigenvalue weighted by molar-refractivity contribution is -0.156. The topological polar surface area (TPSA) is 118 Å². The minimum absolute atomic E-state index is 0.115. The van der Waals surface area contributed by atoms with Crippen LogP contribution in [-0.2, 0) is 14.3 Å². The minimum Gasteiger partial charge on any atom is -0.481 e. The number of rotatable bonds is 6. The third-order valence-electron chi connectivity index (χ3n) is 3.18. The van der Waals surface area contributed by atoms with Crippen LogP contribution < -0.4 is 15.4 Å². The first-order valence-corrected chi connectivity index (χ1v) is 7.42. The van der Waals surface area contributed by atoms with Crippen LogP contribution in [0.15, 0.2) is 24.3 Å². The Morgan fingerprint density at radius 3 is 2.71 bits per heavy atom. The second-order valence-corrected chi connectivity index (χ2v) is 5.27. The number of para-hydroxylation sites is 1. The SMILES string of the molecule is C[C@@H](OC(=O)COc1ccccc1C#N)C(=O)NC(=O)NC1CC1. The number of hydrogen-bond acceptors (Lipinski definition) is 6. The zero-order chi connectivity index (χ0) is 17.5. The number of esters is 1. The van der Waals surface area contributed by atoms with Crippen LogP contribution in [0.25, 0.3) is 0 Å². The van der Waals surface area contributed by atoms with E-state index in [4.69, 9.17) is 14.7 Å². The molecule has 1 aliphatic rings. The standard InChI is InChI=1S/C16H17N3O5/c1-10(15(21)19-16(22)18-12-6-7-12)24-14(20)9-23-13-5-3-2-4-11(13)8-17/h2-5,10,12H,6-7,9H2,1H3,(H2,18,19,21,22)/t10-/m1/s1. The lowest BCUT2D eigenvalue weighted by Gasteiger charge is -2.13. The molecular weight excluding hydrogens is 314 g/mol. The van der Waals surface area contributed by atoms with E-state index in [0.29, 0.717) is 0 Å². The first-order chi connectivity index (χ1) is 11.5. The van der Waals surface area contributed by atoms with Gasteiger partial charge in [0.25, 0.3) is 5.91 Å². The number of nitrogens with one attached hydrogen (secondary N) is 2. The highest BCUT2D eigenvalue weighted by Crippen LogP contribution is 2.18. The highest BCUT2D eigenvalue weighted by atomic mass is 16.6. The molecule has 24 heavy (non-hydrogen) atoms. The number of hydrogen-bond donors (Lipinski definition) is 2. The van der Waals surface area contributed by atoms with Crippen molar-refractivity contribution < 1.29 is 23.9 Å². The summed E-state index contributed by atoms with van der Waals surface area (Å²) in [5.41, 5.74) is 0.285. The van der Waals surface area contributed by atoms with E-state index in [9.17, 15) is 14.4 Å². The third kappa shape index (κ3) is 5.28. The summed E-state index contributed by atoms with van der Waals surface area (Å²) >= 11 is 0. The van der Waals surface area contributed by atoms with Gasteiger partial charge in [0.15, 0.2) is 12.7 Å². The maximum Gasteiger partial charge on any atom is 0.344 e. The van der Waals surface area contributed by atoms with Gasteiger partial charge in [0, 0.05) is 6.04 Å². The van der Waals surface area contributed by atoms with Crippen molar-refractivity contribution in [2.75, 3.05) is 6.61 Å². The molecule has 2 rings (SSSR count). The Balaban J connectivity index is 1.75. The second-order valence-electron chi connectivity index (χ2n) is 5.27. The van der Waals surface area contributed by atoms with Crippen LogP contribution in [0.4, 0.5) is 4.79 Å². The highest BCUT2D eigenvalue weighted by Gasteiger charge is 2.26. The predicted molar refractivity (Wildman–Crippen MR) is 81.9 cm³/mol. The van der Waals surface area contributed by atoms with Crippen LogP contribution >= 0.6 is 0 Å². The molecule has 1 atom stereocenters. The average Bonchev–Trinajstić information content (AvgIpc) is 3.36. The molecule has 0 saturated heterocycles. The molecule has 2 N–H and O–H groups in total. The molecule has 0 aromatic heterocycles. The number of carbonyl (C=O) groups excluding carboxylic acids is 3. The van der Waals surface area contributed by atoms with Crippen LogP contribution in [0, 0.1) is 11.3 Å². The Kier molecular flexibility index (Phi) is 5.73. The Labute approximate surface area is 138 Å². The molecule has 1 aliphatic carbocycles. The zero-order valence-electron chi connectivity index (χ0n) is 13.1. The fraction of sp³-hybridized carbons (Fsp3) is 0.375. The van der Waals surface area contributed by atoms with Crippen LogP contribution in [0.3, 0.4) is 0 Å². The summed E-state index contributed by atoms with van der Waals surface area (Å²) in [5, 5.41) is 13.6. The fourth-order valence-electron chi connectivity index (χ4n) is 1.77. The molecule has 1 aromatic carbocycles. The smallest absolute Gasteiger partial charge is 0.344 e. The van der Waals surface area contributed by atoms with Crippen molar-refractivity contribution in [1.82, 2.24) is 10.6 Å². The van der Waals surface area contributed by atoms with Gasteiger partial charge in [-0.05, 0) is 31.9 Å². The minimum atomic E-state index is -1.14. The molecule has 1 fully saturated rings. The maximum absolute atomic E-state index is 11.7. The summed E-state index contributed by atoms with van der Waals surface area (Å²) in [7, 11) is 0. The summed E-state index contributed by atoms with van der Waals surface area (Å²) in [6.07, 6.45) is 0.652. The van der Waals surface area contributed by atoms with Gasteiger partial charge in [-0.3, -0.25) is 10.1 Å². The van der Waals surface area contributed by atoms with Crippen molar-refractivity contribution in [1.29, 1.82) is 5.26 Å². The van der Waals surface area contributed by atoms with E-state index in [2.05, 4.69) is 10.6 Å². The van der Waals surface area contributed by atoms with Gasteiger partial charge in [-0.15, -0.1) is 0 Å². The Bertz CT molecular complexity index is 679. The quantitative estimate of drug-likeness (QED) is 0.746. The van der Waals surface area contributed by atoms with Gasteiger partial charge in [0.1, 0.15) is 11.8 Å². The van der Waals surface area contributed by atoms with Gasteiger partial charge in [0.05, 0.1) is 5.56 Å². The van der Waals surface area contributed by atoms with E-state index in [1.165, 1.54) is 6.92 Å². The average molecular weight is 331 g/mol. The molecule has 0 heterocycles. The van der Waals surface area contributed by atoms with Crippen molar-refractivity contribution in [2.24, 2.45) is 0 Å². The van der Waals surface area contributed by atoms with Crippen LogP contribution in [-0.4, -0.2) is 36.7 Å². The third-order valence-corrected chi connectivity index (χ3v) is 3.18. The number of ether oxygens (including phenoxy) is 2. The number of benzene rings is 1. The van der Waals surface area contributed by atoms with Gasteiger partial charge >= 0.3 is 12.0 Å². The lowest BCUT2D eigenvalue weighted by atomic mass is 10.2. The van der Waals surface area contributed by atoms with Crippen molar-refractivity contribution in [3.63, 3.8) is 0 Å². The molecule has 0 unspecified atom stereocenters. The maximum atomic E-state index is 11.7. The van der Waals surface area contributed by atoms with E-state index in [1.54, 1.807) is 24.3 Å². The molecule has 126 valence electrons. The van der Waals surface area contributed by atoms with Crippen molar-refractivity contribution >= 4 is 17.9 Å². The fourth-order valence-corrected chi connectivity index (χ4v) is 1.77. The molecule has 0 spiro atoms. The normalized spacial score (nSPS) is 14.0. The first kappa shape index (κ1) is 17.3. The Morgan fingerprint density at radius 2 is 2.04 bits per heavy atom. The van der Waals surface area contributed by atoms with E-state index < -0.39 is 30.6 Å². The van der Waals surface area contributed by atoms with E-state index in [0.717, 1.165) is 12.8 Å². The predicted octanol–water partition coefficient (Wildman–Crippen LogP) is 0.857. The largest absolute Gasteiger partial charge is 0.481 e. The summed E-state index contributed by atoms with van der Waals surface area (Å²) < 4.78 is 10.1. The number of nitrogens with zero attached hydrogens (tertiary/aromatic N) is 1. The zero-order valence-corrected chi connectivity index (χ0v) is 13.1. The monoisotopic (exact) mass is 331 g/mol. The Hall–Kier alpha value is -3.08. The lowest BCUT2D eigenvalue weighted by Crippen LogP contribution is -2.45. The summed E-state index contributed by atoms with van der Waals surface area (Å²) in [5.74, 6) is -1.26. The molecule has 1 aromatic rings. The highest BCUT2D eigenvalue weighted by molar-refractivity contribution is 5.97. The number of nitriles is 1. The molecular formula is C16H17N3O5. The van der Waals surface area contributed by atoms with Gasteiger partial charge in [-0.2, -0.15) is 5.26 Å². The summed E-state index contributed by atoms with van der Waals surface area (Å²) in [6.45, 7) is 0.894. The second kappa shape index (κ2) is 7.97. The van der Waals surface area contributed by atoms with Gasteiger partial charge in [-0.1, -0.05) is 12.1 Å². The van der Waals surface area contributed by atoms with E-state index in [-0.39, 0.29) is 17.4 Å². The molecule has 8 heteroatoms. The van der Waals surface area contributed by atoms with Crippen molar-refractivity contribution in [3.8, 4) is 11.8 Å². The van der Waals surface area contributed by atoms with Crippen LogP contribution in [0.1, 0.15) is 25.3 Å². The van der Waals surface area contributed by atoms with E-state index >= 15 is 0 Å². The van der Waals surface area contributed by atoms with E-state index in [1.807, 2.05) is 6.07 Å². The molecule has 1 saturated carbocycles. The molecule has 8 nitrogen and oxygen atoms in total. The first-order valence-electron chi connectivity index (χ1n) is 7.42. The molecule has 3 amide bonds. The summed E-state index contributed by atoms with van der Waals surface area (Å²) in [4.78, 5) is 34.9. The molecule has 0 aliphatic heterocycles. The van der Waals surface area contributed by atoms with Crippen molar-refractivity contribution in [2.45, 2.75) is 31.9 Å². The molecule has 0 radical (unpaired) electrons. The number of imide groups is 1. The van der Waals surface area contributed by atoms with Gasteiger partial charge in [-0.25, -0.2) is 9.59 Å². The number of urea groups is 1. The van der Waals surface area contributed by atoms with Gasteiger partial charge < -0.3 is 14.8 Å². The van der Waals surface area contributed by atoms with Crippen LogP contribution in [0.5, 0.6) is 5.75 Å². The Morgan fingerprint density at radius 1 is 1.33 bits per heavy atom. The summed E-state index contributed by atoms with van der Waals surface area (Å²) in [6, 6.07) is 7.87. The van der Waals surface area contributed by atoms with Crippen LogP contribution in [0.2, 0.25) is 0 Å². The number of amides is 3. The number of carbonyl (C=O) groups is 3. The van der Waals surface area contributed by atoms with Crippen molar-refractivity contribution in [3.05, 3.63) is 29.8 Å². The molecule has 0 bridgehead atoms. The van der Waals surface area contributed by atoms with Gasteiger partial charge in [0.2, 0.25) is 0 Å².